The number of nitrogens with one attached hydrogen (secondary N) is 1. The third-order valence-electron chi connectivity index (χ3n) is 4.70. The van der Waals surface area contributed by atoms with Crippen LogP contribution in [0.2, 0.25) is 0 Å². The number of amides is 1. The third-order valence-corrected chi connectivity index (χ3v) is 6.15. The van der Waals surface area contributed by atoms with E-state index in [2.05, 4.69) is 10.5 Å². The van der Waals surface area contributed by atoms with Crippen molar-refractivity contribution in [1.29, 1.82) is 0 Å². The van der Waals surface area contributed by atoms with Crippen molar-refractivity contribution in [3.63, 3.8) is 0 Å². The van der Waals surface area contributed by atoms with Gasteiger partial charge in [-0.25, -0.2) is 13.8 Å². The molecule has 1 aliphatic heterocycles. The Kier molecular flexibility index (Phi) is 6.63. The van der Waals surface area contributed by atoms with Crippen LogP contribution < -0.4 is 11.3 Å². The summed E-state index contributed by atoms with van der Waals surface area (Å²) < 4.78 is 33.5. The smallest absolute Gasteiger partial charge is 0.273 e. The number of carbonyl (C=O) groups is 1. The van der Waals surface area contributed by atoms with E-state index in [-0.39, 0.29) is 10.6 Å². The molecule has 2 atom stereocenters. The number of carbonyl (C=O) groups excluding carboxylic acids is 1. The van der Waals surface area contributed by atoms with Gasteiger partial charge in [0.05, 0.1) is 0 Å². The standard InChI is InChI=1S/C20H22F2N4O2S/c1-13(28-2)19(27)26-20(10-11-24-23,14-6-4-3-5-7-14)29-18(25-26)16-12-15(21)8-9-17(16)22/h3-9,12-13,24H,10-11,23H2,1-2H3/t13-,20?/m0/s1. The minimum absolute atomic E-state index is 0.00335. The van der Waals surface area contributed by atoms with Crippen LogP contribution >= 0.6 is 11.8 Å². The van der Waals surface area contributed by atoms with E-state index in [1.807, 2.05) is 30.3 Å². The van der Waals surface area contributed by atoms with Gasteiger partial charge in [-0.2, -0.15) is 5.10 Å². The number of thioether (sulfide) groups is 1. The van der Waals surface area contributed by atoms with Crippen molar-refractivity contribution in [2.45, 2.75) is 24.3 Å². The van der Waals surface area contributed by atoms with E-state index in [4.69, 9.17) is 10.6 Å². The Labute approximate surface area is 172 Å². The Morgan fingerprint density at radius 1 is 1.31 bits per heavy atom. The lowest BCUT2D eigenvalue weighted by Crippen LogP contribution is -2.47. The molecule has 3 rings (SSSR count). The molecule has 0 saturated heterocycles. The van der Waals surface area contributed by atoms with Crippen LogP contribution in [0.25, 0.3) is 0 Å². The number of benzene rings is 2. The second kappa shape index (κ2) is 9.00. The number of hydrogen-bond donors (Lipinski definition) is 2. The molecule has 0 saturated carbocycles. The number of rotatable bonds is 7. The topological polar surface area (TPSA) is 80.0 Å². The lowest BCUT2D eigenvalue weighted by Gasteiger charge is -2.36. The fourth-order valence-corrected chi connectivity index (χ4v) is 4.47. The van der Waals surface area contributed by atoms with Crippen molar-refractivity contribution in [1.82, 2.24) is 10.4 Å². The van der Waals surface area contributed by atoms with Crippen LogP contribution in [-0.4, -0.2) is 35.7 Å². The summed E-state index contributed by atoms with van der Waals surface area (Å²) in [4.78, 5) is 12.1. The molecular weight excluding hydrogens is 398 g/mol. The first-order valence-corrected chi connectivity index (χ1v) is 9.83. The average molecular weight is 420 g/mol. The highest BCUT2D eigenvalue weighted by Crippen LogP contribution is 2.50. The van der Waals surface area contributed by atoms with Crippen LogP contribution in [0.3, 0.4) is 0 Å². The SMILES string of the molecule is CO[C@@H](C)C(=O)N1N=C(c2cc(F)ccc2F)SC1(CCNN)c1ccccc1. The van der Waals surface area contributed by atoms with E-state index in [1.54, 1.807) is 6.92 Å². The number of hydrazone groups is 1. The summed E-state index contributed by atoms with van der Waals surface area (Å²) in [6.07, 6.45) is -0.394. The van der Waals surface area contributed by atoms with Crippen molar-refractivity contribution in [3.05, 3.63) is 71.3 Å². The van der Waals surface area contributed by atoms with Crippen LogP contribution in [0.4, 0.5) is 8.78 Å². The average Bonchev–Trinajstić information content (AvgIpc) is 3.14. The second-order valence-electron chi connectivity index (χ2n) is 6.51. The van der Waals surface area contributed by atoms with Crippen LogP contribution in [0, 0.1) is 11.6 Å². The van der Waals surface area contributed by atoms with Crippen molar-refractivity contribution >= 4 is 22.7 Å². The Morgan fingerprint density at radius 3 is 2.69 bits per heavy atom. The number of nitrogens with zero attached hydrogens (tertiary/aromatic N) is 2. The molecule has 154 valence electrons. The maximum absolute atomic E-state index is 14.5. The molecule has 1 unspecified atom stereocenters. The molecule has 0 radical (unpaired) electrons. The van der Waals surface area contributed by atoms with Gasteiger partial charge in [-0.05, 0) is 30.7 Å². The lowest BCUT2D eigenvalue weighted by molar-refractivity contribution is -0.144. The van der Waals surface area contributed by atoms with E-state index >= 15 is 0 Å². The molecule has 9 heteroatoms. The predicted molar refractivity (Wildman–Crippen MR) is 109 cm³/mol. The minimum atomic E-state index is -0.994. The molecule has 1 aliphatic rings. The fraction of sp³-hybridized carbons (Fsp3) is 0.300. The van der Waals surface area contributed by atoms with Crippen molar-refractivity contribution in [2.24, 2.45) is 10.9 Å². The molecule has 6 nitrogen and oxygen atoms in total. The minimum Gasteiger partial charge on any atom is -0.372 e. The Morgan fingerprint density at radius 2 is 2.03 bits per heavy atom. The van der Waals surface area contributed by atoms with Crippen molar-refractivity contribution in [2.75, 3.05) is 13.7 Å². The van der Waals surface area contributed by atoms with Crippen LogP contribution in [0.1, 0.15) is 24.5 Å². The van der Waals surface area contributed by atoms with Crippen LogP contribution in [0.5, 0.6) is 0 Å². The molecule has 1 heterocycles. The number of halogens is 2. The highest BCUT2D eigenvalue weighted by molar-refractivity contribution is 8.15. The number of hydrazine groups is 1. The molecule has 0 aliphatic carbocycles. The van der Waals surface area contributed by atoms with E-state index in [0.717, 1.165) is 23.8 Å². The Bertz CT molecular complexity index is 913. The molecule has 29 heavy (non-hydrogen) atoms. The van der Waals surface area contributed by atoms with E-state index in [1.165, 1.54) is 23.9 Å². The summed E-state index contributed by atoms with van der Waals surface area (Å²) in [7, 11) is 1.42. The Hall–Kier alpha value is -2.33. The normalized spacial score (nSPS) is 19.9. The zero-order valence-electron chi connectivity index (χ0n) is 16.1. The first kappa shape index (κ1) is 21.4. The molecule has 1 amide bonds. The molecule has 0 spiro atoms. The summed E-state index contributed by atoms with van der Waals surface area (Å²) in [6, 6.07) is 12.4. The summed E-state index contributed by atoms with van der Waals surface area (Å²) in [5, 5.41) is 5.93. The maximum atomic E-state index is 14.5. The van der Waals surface area contributed by atoms with Gasteiger partial charge < -0.3 is 4.74 Å². The first-order chi connectivity index (χ1) is 13.9. The highest BCUT2D eigenvalue weighted by Gasteiger charge is 2.49. The van der Waals surface area contributed by atoms with Gasteiger partial charge in [-0.1, -0.05) is 42.1 Å². The summed E-state index contributed by atoms with van der Waals surface area (Å²) in [5.41, 5.74) is 3.38. The molecule has 0 fully saturated rings. The van der Waals surface area contributed by atoms with Gasteiger partial charge in [-0.3, -0.25) is 16.1 Å². The third kappa shape index (κ3) is 4.18. The van der Waals surface area contributed by atoms with Crippen molar-refractivity contribution in [3.8, 4) is 0 Å². The summed E-state index contributed by atoms with van der Waals surface area (Å²) >= 11 is 1.19. The second-order valence-corrected chi connectivity index (χ2v) is 7.78. The van der Waals surface area contributed by atoms with Gasteiger partial charge in [0.25, 0.3) is 5.91 Å². The maximum Gasteiger partial charge on any atom is 0.273 e. The summed E-state index contributed by atoms with van der Waals surface area (Å²) in [5.74, 6) is 3.90. The van der Waals surface area contributed by atoms with E-state index < -0.39 is 28.5 Å². The molecule has 2 aromatic carbocycles. The number of nitrogens with two attached hydrogens (primary N) is 1. The molecule has 0 aromatic heterocycles. The molecular formula is C20H22F2N4O2S. The number of methoxy groups -OCH3 is 1. The number of ether oxygens (including phenoxy) is 1. The zero-order valence-corrected chi connectivity index (χ0v) is 16.9. The largest absolute Gasteiger partial charge is 0.372 e. The fourth-order valence-electron chi connectivity index (χ4n) is 3.09. The quantitative estimate of drug-likeness (QED) is 0.532. The molecule has 3 N–H and O–H groups in total. The lowest BCUT2D eigenvalue weighted by atomic mass is 10.0. The monoisotopic (exact) mass is 420 g/mol. The predicted octanol–water partition coefficient (Wildman–Crippen LogP) is 2.94. The number of hydrogen-bond acceptors (Lipinski definition) is 6. The van der Waals surface area contributed by atoms with Gasteiger partial charge in [0.2, 0.25) is 0 Å². The van der Waals surface area contributed by atoms with E-state index in [0.29, 0.717) is 13.0 Å². The van der Waals surface area contributed by atoms with Crippen LogP contribution in [0.15, 0.2) is 53.6 Å². The van der Waals surface area contributed by atoms with Gasteiger partial charge in [0, 0.05) is 25.6 Å². The van der Waals surface area contributed by atoms with Gasteiger partial charge in [0.15, 0.2) is 0 Å². The van der Waals surface area contributed by atoms with Gasteiger partial charge in [0.1, 0.15) is 27.7 Å². The Balaban J connectivity index is 2.15. The zero-order chi connectivity index (χ0) is 21.0. The van der Waals surface area contributed by atoms with Gasteiger partial charge >= 0.3 is 0 Å². The van der Waals surface area contributed by atoms with Crippen LogP contribution in [-0.2, 0) is 14.4 Å². The summed E-state index contributed by atoms with van der Waals surface area (Å²) in [6.45, 7) is 1.97. The molecule has 2 aromatic rings. The molecule has 0 bridgehead atoms. The first-order valence-electron chi connectivity index (χ1n) is 9.02. The van der Waals surface area contributed by atoms with Crippen molar-refractivity contribution < 1.29 is 18.3 Å². The van der Waals surface area contributed by atoms with Gasteiger partial charge in [-0.15, -0.1) is 0 Å². The highest BCUT2D eigenvalue weighted by atomic mass is 32.2. The van der Waals surface area contributed by atoms with E-state index in [9.17, 15) is 13.6 Å².